The third-order valence-corrected chi connectivity index (χ3v) is 6.79. The summed E-state index contributed by atoms with van der Waals surface area (Å²) in [4.78, 5) is 25.6. The molecule has 3 fully saturated rings. The first-order valence-electron chi connectivity index (χ1n) is 10.4. The predicted octanol–water partition coefficient (Wildman–Crippen LogP) is 2.87. The highest BCUT2D eigenvalue weighted by Gasteiger charge is 2.61. The summed E-state index contributed by atoms with van der Waals surface area (Å²) < 4.78 is 11.7. The molecule has 2 amide bonds. The summed E-state index contributed by atoms with van der Waals surface area (Å²) in [6.07, 6.45) is 4.19. The molecule has 0 radical (unpaired) electrons. The summed E-state index contributed by atoms with van der Waals surface area (Å²) in [5.41, 5.74) is -0.286. The average molecular weight is 386 g/mol. The number of amides is 2. The Kier molecular flexibility index (Phi) is 5.08. The largest absolute Gasteiger partial charge is 0.467 e. The van der Waals surface area contributed by atoms with Crippen molar-refractivity contribution in [3.8, 4) is 5.75 Å². The van der Waals surface area contributed by atoms with Gasteiger partial charge in [0.1, 0.15) is 5.75 Å². The van der Waals surface area contributed by atoms with E-state index in [4.69, 9.17) is 9.47 Å². The number of fused-ring (bicyclic) bond motifs is 3. The Balaban J connectivity index is 1.46. The highest BCUT2D eigenvalue weighted by atomic mass is 16.5. The summed E-state index contributed by atoms with van der Waals surface area (Å²) in [5.74, 6) is 0.808. The molecule has 1 aliphatic heterocycles. The van der Waals surface area contributed by atoms with E-state index in [2.05, 4.69) is 17.6 Å². The van der Waals surface area contributed by atoms with Crippen LogP contribution >= 0.6 is 0 Å². The molecule has 2 bridgehead atoms. The van der Waals surface area contributed by atoms with E-state index in [0.717, 1.165) is 25.7 Å². The van der Waals surface area contributed by atoms with Crippen molar-refractivity contribution in [3.05, 3.63) is 29.8 Å². The molecule has 6 nitrogen and oxygen atoms in total. The zero-order valence-corrected chi connectivity index (χ0v) is 16.8. The molecule has 5 rings (SSSR count). The molecule has 2 N–H and O–H groups in total. The monoisotopic (exact) mass is 386 g/mol. The van der Waals surface area contributed by atoms with Gasteiger partial charge in [0, 0.05) is 38.0 Å². The van der Waals surface area contributed by atoms with Crippen molar-refractivity contribution in [2.45, 2.75) is 51.7 Å². The third-order valence-electron chi connectivity index (χ3n) is 6.79. The van der Waals surface area contributed by atoms with Gasteiger partial charge < -0.3 is 20.1 Å². The Hall–Kier alpha value is -2.08. The molecule has 152 valence electrons. The SMILES string of the molecule is CCOCCCNC(=O)[C@H]1C[C@H]2CC[C@@]1(C)C[C@@]21NC(=O)c2ccccc2O1. The number of para-hydroxylation sites is 1. The average Bonchev–Trinajstić information content (AvgIpc) is 2.67. The molecule has 0 unspecified atom stereocenters. The van der Waals surface area contributed by atoms with Crippen LogP contribution < -0.4 is 15.4 Å². The first-order valence-corrected chi connectivity index (χ1v) is 10.4. The third kappa shape index (κ3) is 3.28. The van der Waals surface area contributed by atoms with E-state index in [-0.39, 0.29) is 29.1 Å². The highest BCUT2D eigenvalue weighted by molar-refractivity contribution is 5.98. The molecular weight excluding hydrogens is 356 g/mol. The van der Waals surface area contributed by atoms with Gasteiger partial charge in [0.2, 0.25) is 5.91 Å². The molecular formula is C22H30N2O4. The lowest BCUT2D eigenvalue weighted by atomic mass is 9.52. The van der Waals surface area contributed by atoms with E-state index in [0.29, 0.717) is 37.5 Å². The molecule has 0 saturated heterocycles. The number of hydrogen-bond donors (Lipinski definition) is 2. The maximum Gasteiger partial charge on any atom is 0.258 e. The molecule has 1 aromatic carbocycles. The molecule has 3 aliphatic carbocycles. The molecule has 0 aromatic heterocycles. The van der Waals surface area contributed by atoms with E-state index < -0.39 is 5.72 Å². The Morgan fingerprint density at radius 3 is 3.00 bits per heavy atom. The van der Waals surface area contributed by atoms with Gasteiger partial charge >= 0.3 is 0 Å². The number of nitrogens with one attached hydrogen (secondary N) is 2. The minimum atomic E-state index is -0.690. The zero-order valence-electron chi connectivity index (χ0n) is 16.8. The van der Waals surface area contributed by atoms with Crippen LogP contribution in [0.25, 0.3) is 0 Å². The normalized spacial score (nSPS) is 33.1. The van der Waals surface area contributed by atoms with Gasteiger partial charge in [-0.2, -0.15) is 0 Å². The number of carbonyl (C=O) groups excluding carboxylic acids is 2. The second-order valence-electron chi connectivity index (χ2n) is 8.64. The Bertz CT molecular complexity index is 767. The standard InChI is InChI=1S/C22H30N2O4/c1-3-27-12-6-11-23-20(26)17-13-15-9-10-21(17,2)14-22(15)24-19(25)16-7-4-5-8-18(16)28-22/h4-5,7-8,15,17H,3,6,9-14H2,1-2H3,(H,23,26)(H,24,25)/t15-,17-,21+,22+/m1/s1. The van der Waals surface area contributed by atoms with Crippen LogP contribution in [-0.4, -0.2) is 37.3 Å². The van der Waals surface area contributed by atoms with Crippen molar-refractivity contribution in [2.24, 2.45) is 17.3 Å². The number of hydrogen-bond acceptors (Lipinski definition) is 4. The Morgan fingerprint density at radius 1 is 1.39 bits per heavy atom. The van der Waals surface area contributed by atoms with Crippen LogP contribution in [0.4, 0.5) is 0 Å². The first-order chi connectivity index (χ1) is 13.5. The Labute approximate surface area is 166 Å². The van der Waals surface area contributed by atoms with E-state index >= 15 is 0 Å². The summed E-state index contributed by atoms with van der Waals surface area (Å²) in [7, 11) is 0. The van der Waals surface area contributed by atoms with Crippen LogP contribution in [0.15, 0.2) is 24.3 Å². The molecule has 1 heterocycles. The van der Waals surface area contributed by atoms with Gasteiger partial charge in [0.25, 0.3) is 5.91 Å². The van der Waals surface area contributed by atoms with Crippen molar-refractivity contribution in [1.29, 1.82) is 0 Å². The number of ether oxygens (including phenoxy) is 2. The van der Waals surface area contributed by atoms with Crippen molar-refractivity contribution in [3.63, 3.8) is 0 Å². The van der Waals surface area contributed by atoms with Gasteiger partial charge in [0.15, 0.2) is 5.72 Å². The maximum absolute atomic E-state index is 12.9. The quantitative estimate of drug-likeness (QED) is 0.737. The van der Waals surface area contributed by atoms with E-state index in [1.165, 1.54) is 0 Å². The van der Waals surface area contributed by atoms with Crippen LogP contribution in [-0.2, 0) is 9.53 Å². The van der Waals surface area contributed by atoms with Crippen molar-refractivity contribution in [2.75, 3.05) is 19.8 Å². The van der Waals surface area contributed by atoms with Crippen LogP contribution in [0.1, 0.15) is 56.3 Å². The van der Waals surface area contributed by atoms with Crippen molar-refractivity contribution in [1.82, 2.24) is 10.6 Å². The second kappa shape index (κ2) is 7.39. The lowest BCUT2D eigenvalue weighted by Gasteiger charge is -2.59. The topological polar surface area (TPSA) is 76.7 Å². The molecule has 4 atom stereocenters. The second-order valence-corrected chi connectivity index (χ2v) is 8.64. The number of benzene rings is 1. The minimum Gasteiger partial charge on any atom is -0.467 e. The van der Waals surface area contributed by atoms with Crippen LogP contribution in [0, 0.1) is 17.3 Å². The fourth-order valence-electron chi connectivity index (χ4n) is 5.31. The lowest BCUT2D eigenvalue weighted by Crippen LogP contribution is -2.69. The van der Waals surface area contributed by atoms with Gasteiger partial charge in [-0.05, 0) is 50.2 Å². The Morgan fingerprint density at radius 2 is 2.21 bits per heavy atom. The first kappa shape index (κ1) is 19.2. The van der Waals surface area contributed by atoms with Crippen LogP contribution in [0.2, 0.25) is 0 Å². The van der Waals surface area contributed by atoms with Crippen LogP contribution in [0.5, 0.6) is 5.75 Å². The molecule has 1 aromatic rings. The number of rotatable bonds is 6. The van der Waals surface area contributed by atoms with Crippen molar-refractivity contribution < 1.29 is 19.1 Å². The molecule has 6 heteroatoms. The van der Waals surface area contributed by atoms with Crippen LogP contribution in [0.3, 0.4) is 0 Å². The minimum absolute atomic E-state index is 0.0401. The van der Waals surface area contributed by atoms with E-state index in [1.807, 2.05) is 25.1 Å². The molecule has 28 heavy (non-hydrogen) atoms. The fraction of sp³-hybridized carbons (Fsp3) is 0.636. The van der Waals surface area contributed by atoms with Gasteiger partial charge in [0.05, 0.1) is 5.56 Å². The van der Waals surface area contributed by atoms with E-state index in [1.54, 1.807) is 6.07 Å². The summed E-state index contributed by atoms with van der Waals surface area (Å²) >= 11 is 0. The van der Waals surface area contributed by atoms with Gasteiger partial charge in [-0.1, -0.05) is 19.1 Å². The highest BCUT2D eigenvalue weighted by Crippen LogP contribution is 2.58. The zero-order chi connectivity index (χ0) is 19.8. The van der Waals surface area contributed by atoms with Gasteiger partial charge in [-0.25, -0.2) is 0 Å². The van der Waals surface area contributed by atoms with Gasteiger partial charge in [-0.3, -0.25) is 9.59 Å². The summed E-state index contributed by atoms with van der Waals surface area (Å²) in [6.45, 7) is 6.15. The predicted molar refractivity (Wildman–Crippen MR) is 105 cm³/mol. The fourth-order valence-corrected chi connectivity index (χ4v) is 5.31. The summed E-state index contributed by atoms with van der Waals surface area (Å²) in [6, 6.07) is 7.40. The molecule has 3 saturated carbocycles. The van der Waals surface area contributed by atoms with E-state index in [9.17, 15) is 9.59 Å². The lowest BCUT2D eigenvalue weighted by molar-refractivity contribution is -0.167. The van der Waals surface area contributed by atoms with Gasteiger partial charge in [-0.15, -0.1) is 0 Å². The molecule has 1 spiro atoms. The smallest absolute Gasteiger partial charge is 0.258 e. The maximum atomic E-state index is 12.9. The summed E-state index contributed by atoms with van der Waals surface area (Å²) in [5, 5.41) is 6.25. The number of carbonyl (C=O) groups is 2. The van der Waals surface area contributed by atoms with Crippen molar-refractivity contribution >= 4 is 11.8 Å². The molecule has 4 aliphatic rings.